The predicted octanol–water partition coefficient (Wildman–Crippen LogP) is 2.54. The van der Waals surface area contributed by atoms with Crippen molar-refractivity contribution < 1.29 is 9.59 Å². The minimum absolute atomic E-state index is 0.184. The van der Waals surface area contributed by atoms with Crippen LogP contribution in [-0.2, 0) is 6.54 Å². The van der Waals surface area contributed by atoms with Crippen LogP contribution in [-0.4, -0.2) is 39.9 Å². The number of hydrogen-bond acceptors (Lipinski definition) is 5. The normalized spacial score (nSPS) is 13.3. The van der Waals surface area contributed by atoms with Crippen molar-refractivity contribution in [2.45, 2.75) is 25.4 Å². The fourth-order valence-electron chi connectivity index (χ4n) is 2.79. The van der Waals surface area contributed by atoms with Crippen LogP contribution in [0.5, 0.6) is 0 Å². The van der Waals surface area contributed by atoms with Crippen molar-refractivity contribution in [2.75, 3.05) is 12.4 Å². The molecule has 1 saturated carbocycles. The molecule has 3 aromatic rings. The van der Waals surface area contributed by atoms with Gasteiger partial charge in [0.25, 0.3) is 11.5 Å². The van der Waals surface area contributed by atoms with E-state index in [1.807, 2.05) is 5.38 Å². The van der Waals surface area contributed by atoms with Gasteiger partial charge in [0.15, 0.2) is 0 Å². The number of urea groups is 1. The molecule has 3 amide bonds. The summed E-state index contributed by atoms with van der Waals surface area (Å²) in [5.74, 6) is 0.226. The fraction of sp³-hybridized carbons (Fsp3) is 0.263. The number of amides is 3. The topological polar surface area (TPSA) is 107 Å². The van der Waals surface area contributed by atoms with Gasteiger partial charge >= 0.3 is 6.03 Å². The highest BCUT2D eigenvalue weighted by atomic mass is 32.1. The highest BCUT2D eigenvalue weighted by molar-refractivity contribution is 7.17. The summed E-state index contributed by atoms with van der Waals surface area (Å²) in [5, 5.41) is 7.40. The zero-order valence-electron chi connectivity index (χ0n) is 15.2. The molecule has 8 nitrogen and oxygen atoms in total. The second-order valence-corrected chi connectivity index (χ2v) is 7.68. The lowest BCUT2D eigenvalue weighted by Gasteiger charge is -2.17. The summed E-state index contributed by atoms with van der Waals surface area (Å²) in [7, 11) is 1.65. The molecule has 28 heavy (non-hydrogen) atoms. The molecule has 0 bridgehead atoms. The SMILES string of the molecule is CN(Cc1nc2ccsc2c(=O)[nH]1)C(=O)c1ccc(NC(=O)NC2CC2)cc1. The molecular weight excluding hydrogens is 378 g/mol. The maximum Gasteiger partial charge on any atom is 0.319 e. The Labute approximate surface area is 164 Å². The largest absolute Gasteiger partial charge is 0.335 e. The predicted molar refractivity (Wildman–Crippen MR) is 108 cm³/mol. The number of carbonyl (C=O) groups is 2. The Morgan fingerprint density at radius 2 is 2.00 bits per heavy atom. The van der Waals surface area contributed by atoms with Crippen LogP contribution < -0.4 is 16.2 Å². The van der Waals surface area contributed by atoms with E-state index in [1.165, 1.54) is 16.2 Å². The first-order chi connectivity index (χ1) is 13.5. The maximum absolute atomic E-state index is 12.6. The van der Waals surface area contributed by atoms with E-state index in [0.29, 0.717) is 27.3 Å². The third-order valence-electron chi connectivity index (χ3n) is 4.40. The van der Waals surface area contributed by atoms with Crippen molar-refractivity contribution in [1.82, 2.24) is 20.2 Å². The number of aromatic nitrogens is 2. The van der Waals surface area contributed by atoms with E-state index >= 15 is 0 Å². The number of H-pyrrole nitrogens is 1. The first-order valence-electron chi connectivity index (χ1n) is 8.89. The number of nitrogens with one attached hydrogen (secondary N) is 3. The lowest BCUT2D eigenvalue weighted by atomic mass is 10.2. The molecule has 0 aliphatic heterocycles. The van der Waals surface area contributed by atoms with E-state index in [9.17, 15) is 14.4 Å². The maximum atomic E-state index is 12.6. The summed E-state index contributed by atoms with van der Waals surface area (Å²) in [5.41, 5.74) is 1.53. The highest BCUT2D eigenvalue weighted by Gasteiger charge is 2.23. The van der Waals surface area contributed by atoms with Gasteiger partial charge in [-0.15, -0.1) is 11.3 Å². The second kappa shape index (κ2) is 7.43. The Balaban J connectivity index is 1.41. The number of rotatable bonds is 5. The number of thiophene rings is 1. The summed E-state index contributed by atoms with van der Waals surface area (Å²) in [6.07, 6.45) is 2.04. The minimum atomic E-state index is -0.238. The van der Waals surface area contributed by atoms with Crippen molar-refractivity contribution in [3.8, 4) is 0 Å². The van der Waals surface area contributed by atoms with Gasteiger partial charge in [-0.05, 0) is 48.6 Å². The third kappa shape index (κ3) is 4.04. The quantitative estimate of drug-likeness (QED) is 0.615. The van der Waals surface area contributed by atoms with E-state index in [-0.39, 0.29) is 30.1 Å². The molecule has 0 radical (unpaired) electrons. The van der Waals surface area contributed by atoms with Crippen molar-refractivity contribution in [1.29, 1.82) is 0 Å². The molecule has 2 heterocycles. The van der Waals surface area contributed by atoms with Crippen molar-refractivity contribution in [3.05, 3.63) is 57.5 Å². The summed E-state index contributed by atoms with van der Waals surface area (Å²) < 4.78 is 0.576. The first kappa shape index (κ1) is 18.2. The number of benzene rings is 1. The second-order valence-electron chi connectivity index (χ2n) is 6.76. The molecule has 0 spiro atoms. The van der Waals surface area contributed by atoms with Gasteiger partial charge in [0.1, 0.15) is 10.5 Å². The Hall–Kier alpha value is -3.20. The lowest BCUT2D eigenvalue weighted by molar-refractivity contribution is 0.0781. The molecule has 0 saturated heterocycles. The molecule has 1 fully saturated rings. The van der Waals surface area contributed by atoms with Crippen molar-refractivity contribution in [2.24, 2.45) is 0 Å². The third-order valence-corrected chi connectivity index (χ3v) is 5.30. The zero-order chi connectivity index (χ0) is 19.7. The van der Waals surface area contributed by atoms with E-state index in [4.69, 9.17) is 0 Å². The molecule has 0 unspecified atom stereocenters. The first-order valence-corrected chi connectivity index (χ1v) is 9.77. The average Bonchev–Trinajstić information content (AvgIpc) is 3.34. The monoisotopic (exact) mass is 397 g/mol. The van der Waals surface area contributed by atoms with Gasteiger partial charge in [-0.2, -0.15) is 0 Å². The Morgan fingerprint density at radius 1 is 1.25 bits per heavy atom. The van der Waals surface area contributed by atoms with Crippen LogP contribution in [0.15, 0.2) is 40.5 Å². The average molecular weight is 397 g/mol. The molecule has 144 valence electrons. The Bertz CT molecular complexity index is 1080. The highest BCUT2D eigenvalue weighted by Crippen LogP contribution is 2.19. The number of fused-ring (bicyclic) bond motifs is 1. The van der Waals surface area contributed by atoms with Gasteiger partial charge in [-0.1, -0.05) is 0 Å². The number of anilines is 1. The van der Waals surface area contributed by atoms with Gasteiger partial charge in [0.2, 0.25) is 0 Å². The van der Waals surface area contributed by atoms with Crippen LogP contribution in [0.3, 0.4) is 0 Å². The standard InChI is InChI=1S/C19H19N5O3S/c1-24(10-15-22-14-8-9-28-16(14)17(25)23-15)18(26)11-2-4-12(5-3-11)20-19(27)21-13-6-7-13/h2-5,8-9,13H,6-7,10H2,1H3,(H2,20,21,27)(H,22,23,25). The van der Waals surface area contributed by atoms with Crippen LogP contribution in [0.1, 0.15) is 29.0 Å². The molecule has 1 aliphatic carbocycles. The summed E-state index contributed by atoms with van der Waals surface area (Å²) in [6, 6.07) is 8.51. The van der Waals surface area contributed by atoms with Crippen LogP contribution >= 0.6 is 11.3 Å². The molecule has 4 rings (SSSR count). The lowest BCUT2D eigenvalue weighted by Crippen LogP contribution is -2.30. The summed E-state index contributed by atoms with van der Waals surface area (Å²) >= 11 is 1.34. The molecule has 0 atom stereocenters. The molecular formula is C19H19N5O3S. The van der Waals surface area contributed by atoms with Gasteiger partial charge in [0.05, 0.1) is 12.1 Å². The van der Waals surface area contributed by atoms with E-state index in [2.05, 4.69) is 20.6 Å². The minimum Gasteiger partial charge on any atom is -0.335 e. The van der Waals surface area contributed by atoms with Crippen LogP contribution in [0.25, 0.3) is 10.2 Å². The van der Waals surface area contributed by atoms with Gasteiger partial charge in [-0.25, -0.2) is 9.78 Å². The molecule has 1 aliphatic rings. The molecule has 2 aromatic heterocycles. The molecule has 1 aromatic carbocycles. The summed E-state index contributed by atoms with van der Waals surface area (Å²) in [6.45, 7) is 0.184. The zero-order valence-corrected chi connectivity index (χ0v) is 16.0. The number of nitrogens with zero attached hydrogens (tertiary/aromatic N) is 2. The van der Waals surface area contributed by atoms with E-state index in [0.717, 1.165) is 12.8 Å². The van der Waals surface area contributed by atoms with Gasteiger partial charge < -0.3 is 20.5 Å². The van der Waals surface area contributed by atoms with E-state index < -0.39 is 0 Å². The van der Waals surface area contributed by atoms with Crippen molar-refractivity contribution >= 4 is 39.2 Å². The van der Waals surface area contributed by atoms with Crippen LogP contribution in [0, 0.1) is 0 Å². The number of hydrogen-bond donors (Lipinski definition) is 3. The van der Waals surface area contributed by atoms with Crippen LogP contribution in [0.2, 0.25) is 0 Å². The number of carbonyl (C=O) groups excluding carboxylic acids is 2. The molecule has 9 heteroatoms. The van der Waals surface area contributed by atoms with Gasteiger partial charge in [-0.3, -0.25) is 9.59 Å². The Morgan fingerprint density at radius 3 is 2.71 bits per heavy atom. The fourth-order valence-corrected chi connectivity index (χ4v) is 3.52. The van der Waals surface area contributed by atoms with E-state index in [1.54, 1.807) is 37.4 Å². The Kier molecular flexibility index (Phi) is 4.82. The van der Waals surface area contributed by atoms with Gasteiger partial charge in [0, 0.05) is 24.3 Å². The van der Waals surface area contributed by atoms with Crippen molar-refractivity contribution in [3.63, 3.8) is 0 Å². The molecule has 3 N–H and O–H groups in total. The van der Waals surface area contributed by atoms with Crippen LogP contribution in [0.4, 0.5) is 10.5 Å². The smallest absolute Gasteiger partial charge is 0.319 e. The summed E-state index contributed by atoms with van der Waals surface area (Å²) in [4.78, 5) is 45.1. The number of aromatic amines is 1.